The first-order valence-corrected chi connectivity index (χ1v) is 8.53. The molecule has 1 saturated carbocycles. The van der Waals surface area contributed by atoms with Crippen LogP contribution >= 0.6 is 15.2 Å². The molecule has 1 aliphatic carbocycles. The summed E-state index contributed by atoms with van der Waals surface area (Å²) in [7, 11) is -11.2. The maximum absolute atomic E-state index is 11.0. The summed E-state index contributed by atoms with van der Waals surface area (Å²) in [6.07, 6.45) is 3.05. The molecule has 0 aromatic rings. The number of aliphatic hydroxyl groups is 1. The quantitative estimate of drug-likeness (QED) is 0.346. The third kappa shape index (κ3) is 5.63. The fourth-order valence-electron chi connectivity index (χ4n) is 2.17. The van der Waals surface area contributed by atoms with E-state index in [-0.39, 0.29) is 43.6 Å². The molecule has 1 rings (SSSR count). The fourth-order valence-corrected chi connectivity index (χ4v) is 4.42. The van der Waals surface area contributed by atoms with Gasteiger partial charge < -0.3 is 33.8 Å². The summed E-state index contributed by atoms with van der Waals surface area (Å²) in [4.78, 5) is 39.6. The van der Waals surface area contributed by atoms with Crippen LogP contribution in [0, 0.1) is 5.92 Å². The molecule has 0 saturated heterocycles. The average molecular weight is 300 g/mol. The van der Waals surface area contributed by atoms with Crippen molar-refractivity contribution in [1.82, 2.24) is 0 Å². The van der Waals surface area contributed by atoms with E-state index in [4.69, 9.17) is 9.79 Å². The fraction of sp³-hybridized carbons (Fsp3) is 1.00. The van der Waals surface area contributed by atoms with Crippen LogP contribution in [0.5, 0.6) is 0 Å². The van der Waals surface area contributed by atoms with Gasteiger partial charge in [-0.1, -0.05) is 32.1 Å². The Bertz CT molecular complexity index is 338. The SMILES string of the molecule is O=P([O-])(O)C(O)(CC1CCCCC1)P(=O)([O-])O.[Li+].[Li+]. The Labute approximate surface area is 136 Å². The second-order valence-electron chi connectivity index (χ2n) is 4.52. The Hall–Kier alpha value is 1.45. The largest absolute Gasteiger partial charge is 1.00 e. The van der Waals surface area contributed by atoms with Crippen molar-refractivity contribution < 1.29 is 71.5 Å². The smallest absolute Gasteiger partial charge is 0.776 e. The van der Waals surface area contributed by atoms with E-state index in [1.165, 1.54) is 0 Å². The van der Waals surface area contributed by atoms with Gasteiger partial charge in [-0.25, -0.2) is 0 Å². The van der Waals surface area contributed by atoms with E-state index in [1.54, 1.807) is 0 Å². The molecule has 102 valence electrons. The van der Waals surface area contributed by atoms with E-state index in [9.17, 15) is 24.0 Å². The Morgan fingerprint density at radius 3 is 1.68 bits per heavy atom. The van der Waals surface area contributed by atoms with Crippen molar-refractivity contribution in [2.75, 3.05) is 0 Å². The van der Waals surface area contributed by atoms with Gasteiger partial charge in [0.2, 0.25) is 0 Å². The number of hydrogen-bond donors (Lipinski definition) is 3. The molecule has 0 amide bonds. The van der Waals surface area contributed by atoms with Crippen LogP contribution in [-0.2, 0) is 9.13 Å². The van der Waals surface area contributed by atoms with Crippen LogP contribution in [0.3, 0.4) is 0 Å². The Morgan fingerprint density at radius 2 is 1.37 bits per heavy atom. The van der Waals surface area contributed by atoms with Crippen LogP contribution in [0.25, 0.3) is 0 Å². The van der Waals surface area contributed by atoms with Crippen molar-refractivity contribution in [2.24, 2.45) is 5.92 Å². The molecule has 0 bridgehead atoms. The van der Waals surface area contributed by atoms with E-state index < -0.39 is 26.7 Å². The van der Waals surface area contributed by atoms with Gasteiger partial charge in [0.25, 0.3) is 0 Å². The molecule has 2 unspecified atom stereocenters. The second kappa shape index (κ2) is 8.18. The van der Waals surface area contributed by atoms with Crippen LogP contribution in [-0.4, -0.2) is 20.0 Å². The first-order valence-electron chi connectivity index (χ1n) is 5.38. The van der Waals surface area contributed by atoms with Gasteiger partial charge in [0.1, 0.15) is 0 Å². The van der Waals surface area contributed by atoms with Crippen LogP contribution in [0.1, 0.15) is 38.5 Å². The summed E-state index contributed by atoms with van der Waals surface area (Å²) in [6.45, 7) is 0. The summed E-state index contributed by atoms with van der Waals surface area (Å²) in [5, 5.41) is 6.13. The van der Waals surface area contributed by atoms with Gasteiger partial charge in [0.05, 0.1) is 0 Å². The third-order valence-corrected chi connectivity index (χ3v) is 6.88. The van der Waals surface area contributed by atoms with Gasteiger partial charge in [0.15, 0.2) is 20.3 Å². The molecule has 1 aliphatic rings. The predicted molar refractivity (Wildman–Crippen MR) is 55.8 cm³/mol. The molecule has 3 N–H and O–H groups in total. The van der Waals surface area contributed by atoms with Gasteiger partial charge in [-0.2, -0.15) is 0 Å². The molecule has 11 heteroatoms. The summed E-state index contributed by atoms with van der Waals surface area (Å²) in [5.41, 5.74) is 0. The van der Waals surface area contributed by atoms with Crippen molar-refractivity contribution in [3.05, 3.63) is 0 Å². The molecule has 0 aromatic heterocycles. The summed E-state index contributed by atoms with van der Waals surface area (Å²) in [5.74, 6) is -0.336. The van der Waals surface area contributed by atoms with Gasteiger partial charge in [-0.15, -0.1) is 0 Å². The Balaban J connectivity index is 0. The maximum atomic E-state index is 11.0. The Kier molecular flexibility index (Phi) is 9.79. The van der Waals surface area contributed by atoms with Crippen LogP contribution in [0.2, 0.25) is 0 Å². The van der Waals surface area contributed by atoms with Crippen molar-refractivity contribution in [3.8, 4) is 0 Å². The van der Waals surface area contributed by atoms with Crippen LogP contribution in [0.15, 0.2) is 0 Å². The minimum Gasteiger partial charge on any atom is -0.776 e. The molecule has 1 fully saturated rings. The maximum Gasteiger partial charge on any atom is 1.00 e. The minimum atomic E-state index is -5.60. The third-order valence-electron chi connectivity index (χ3n) is 3.19. The van der Waals surface area contributed by atoms with Gasteiger partial charge in [-0.3, -0.25) is 0 Å². The first kappa shape index (κ1) is 22.7. The summed E-state index contributed by atoms with van der Waals surface area (Å²) < 4.78 is 21.9. The van der Waals surface area contributed by atoms with Crippen molar-refractivity contribution >= 4 is 15.2 Å². The first-order chi connectivity index (χ1) is 7.58. The second-order valence-corrected chi connectivity index (χ2v) is 8.44. The zero-order chi connectivity index (χ0) is 13.3. The molecule has 19 heavy (non-hydrogen) atoms. The molecule has 7 nitrogen and oxygen atoms in total. The zero-order valence-corrected chi connectivity index (χ0v) is 13.0. The van der Waals surface area contributed by atoms with E-state index in [2.05, 4.69) is 0 Å². The molecule has 0 aliphatic heterocycles. The van der Waals surface area contributed by atoms with E-state index in [1.807, 2.05) is 0 Å². The molecule has 0 radical (unpaired) electrons. The molecule has 2 atom stereocenters. The van der Waals surface area contributed by atoms with Crippen LogP contribution < -0.4 is 47.5 Å². The number of hydrogen-bond acceptors (Lipinski definition) is 5. The monoisotopic (exact) mass is 300 g/mol. The Morgan fingerprint density at radius 1 is 1.00 bits per heavy atom. The molecule has 0 spiro atoms. The average Bonchev–Trinajstić information content (AvgIpc) is 2.15. The van der Waals surface area contributed by atoms with Crippen molar-refractivity contribution in [3.63, 3.8) is 0 Å². The topological polar surface area (TPSA) is 141 Å². The van der Waals surface area contributed by atoms with E-state index in [0.717, 1.165) is 19.3 Å². The number of rotatable bonds is 4. The zero-order valence-electron chi connectivity index (χ0n) is 11.2. The molecular weight excluding hydrogens is 284 g/mol. The molecule has 0 aromatic carbocycles. The molecular formula is C8H16Li2O7P2. The normalized spacial score (nSPS) is 25.9. The van der Waals surface area contributed by atoms with E-state index >= 15 is 0 Å². The van der Waals surface area contributed by atoms with Gasteiger partial charge in [0, 0.05) is 0 Å². The minimum absolute atomic E-state index is 0. The predicted octanol–water partition coefficient (Wildman–Crippen LogP) is -6.30. The summed E-state index contributed by atoms with van der Waals surface area (Å²) in [6, 6.07) is 0. The van der Waals surface area contributed by atoms with Gasteiger partial charge >= 0.3 is 37.7 Å². The standard InChI is InChI=1S/C8H18O7P2.2Li/c9-8(16(10,11)12,17(13,14)15)6-7-4-2-1-3-5-7;;/h7,9H,1-6H2,(H2,10,11,12)(H2,13,14,15);;/q;2*+1/p-2. The van der Waals surface area contributed by atoms with Crippen LogP contribution in [0.4, 0.5) is 0 Å². The van der Waals surface area contributed by atoms with Crippen molar-refractivity contribution in [2.45, 2.75) is 43.6 Å². The van der Waals surface area contributed by atoms with Crippen molar-refractivity contribution in [1.29, 1.82) is 0 Å². The summed E-state index contributed by atoms with van der Waals surface area (Å²) >= 11 is 0. The van der Waals surface area contributed by atoms with Gasteiger partial charge in [-0.05, 0) is 12.3 Å². The molecule has 0 heterocycles. The van der Waals surface area contributed by atoms with E-state index in [0.29, 0.717) is 12.8 Å².